The molecule has 2 rings (SSSR count). The Hall–Kier alpha value is -1.63. The van der Waals surface area contributed by atoms with E-state index in [4.69, 9.17) is 0 Å². The van der Waals surface area contributed by atoms with Crippen molar-refractivity contribution in [1.82, 2.24) is 9.55 Å². The monoisotopic (exact) mass is 400 g/mol. The van der Waals surface area contributed by atoms with E-state index in [0.717, 1.165) is 30.7 Å². The molecule has 0 saturated carbocycles. The van der Waals surface area contributed by atoms with Gasteiger partial charge in [0.05, 0.1) is 21.3 Å². The standard InChI is InChI=1S/C20H27F3N2OS/c1-6-13(3)14(4)10-16-12-24-19(25(16)5)17-9-8-15(20(21,22)23)11-18(17)27(26)7-2/h8-9,11-14H,6-7,10H2,1-5H3. The Morgan fingerprint density at radius 3 is 2.41 bits per heavy atom. The van der Waals surface area contributed by atoms with Crippen molar-refractivity contribution >= 4 is 10.8 Å². The highest BCUT2D eigenvalue weighted by molar-refractivity contribution is 7.85. The molecule has 2 aromatic rings. The van der Waals surface area contributed by atoms with E-state index in [1.165, 1.54) is 6.07 Å². The molecule has 0 radical (unpaired) electrons. The lowest BCUT2D eigenvalue weighted by molar-refractivity contribution is -0.137. The smallest absolute Gasteiger partial charge is 0.331 e. The van der Waals surface area contributed by atoms with Crippen molar-refractivity contribution in [2.75, 3.05) is 5.75 Å². The van der Waals surface area contributed by atoms with Gasteiger partial charge >= 0.3 is 6.18 Å². The van der Waals surface area contributed by atoms with Crippen LogP contribution < -0.4 is 0 Å². The SMILES string of the molecule is CCC(C)C(C)Cc1cnc(-c2ccc(C(F)(F)F)cc2S(=O)CC)n1C. The van der Waals surface area contributed by atoms with Gasteiger partial charge in [-0.3, -0.25) is 4.21 Å². The van der Waals surface area contributed by atoms with Crippen molar-refractivity contribution in [1.29, 1.82) is 0 Å². The molecule has 1 heterocycles. The fourth-order valence-electron chi connectivity index (χ4n) is 3.05. The molecule has 3 unspecified atom stereocenters. The average molecular weight is 401 g/mol. The van der Waals surface area contributed by atoms with Crippen LogP contribution in [-0.4, -0.2) is 19.5 Å². The fourth-order valence-corrected chi connectivity index (χ4v) is 4.02. The Labute approximate surface area is 161 Å². The van der Waals surface area contributed by atoms with Gasteiger partial charge in [0.25, 0.3) is 0 Å². The topological polar surface area (TPSA) is 34.9 Å². The summed E-state index contributed by atoms with van der Waals surface area (Å²) in [6.45, 7) is 8.25. The highest BCUT2D eigenvalue weighted by Gasteiger charge is 2.32. The summed E-state index contributed by atoms with van der Waals surface area (Å²) in [5.74, 6) is 1.83. The van der Waals surface area contributed by atoms with Gasteiger partial charge in [-0.15, -0.1) is 0 Å². The Balaban J connectivity index is 2.48. The van der Waals surface area contributed by atoms with Crippen molar-refractivity contribution in [3.05, 3.63) is 35.7 Å². The molecule has 0 spiro atoms. The van der Waals surface area contributed by atoms with Gasteiger partial charge < -0.3 is 4.57 Å². The van der Waals surface area contributed by atoms with Crippen LogP contribution in [0.15, 0.2) is 29.3 Å². The summed E-state index contributed by atoms with van der Waals surface area (Å²) in [5.41, 5.74) is 0.724. The highest BCUT2D eigenvalue weighted by atomic mass is 32.2. The second-order valence-corrected chi connectivity index (χ2v) is 8.75. The molecule has 1 aromatic carbocycles. The molecule has 0 amide bonds. The van der Waals surface area contributed by atoms with Crippen LogP contribution in [0, 0.1) is 11.8 Å². The Bertz CT molecular complexity index is 814. The summed E-state index contributed by atoms with van der Waals surface area (Å²) >= 11 is 0. The van der Waals surface area contributed by atoms with Crippen LogP contribution in [0.2, 0.25) is 0 Å². The molecule has 0 aliphatic carbocycles. The van der Waals surface area contributed by atoms with E-state index in [2.05, 4.69) is 25.8 Å². The first-order chi connectivity index (χ1) is 12.6. The quantitative estimate of drug-likeness (QED) is 0.619. The van der Waals surface area contributed by atoms with Crippen LogP contribution in [0.1, 0.15) is 45.4 Å². The zero-order chi connectivity index (χ0) is 20.4. The molecule has 0 N–H and O–H groups in total. The molecule has 0 fully saturated rings. The van der Waals surface area contributed by atoms with Gasteiger partial charge in [0, 0.05) is 30.3 Å². The zero-order valence-electron chi connectivity index (χ0n) is 16.4. The van der Waals surface area contributed by atoms with Crippen LogP contribution in [-0.2, 0) is 30.4 Å². The Morgan fingerprint density at radius 1 is 1.19 bits per heavy atom. The Kier molecular flexibility index (Phi) is 6.89. The van der Waals surface area contributed by atoms with Gasteiger partial charge in [0.15, 0.2) is 0 Å². The summed E-state index contributed by atoms with van der Waals surface area (Å²) in [6, 6.07) is 3.41. The second-order valence-electron chi connectivity index (χ2n) is 7.04. The number of alkyl halides is 3. The molecule has 150 valence electrons. The summed E-state index contributed by atoms with van der Waals surface area (Å²) in [5, 5.41) is 0. The molecule has 0 aliphatic heterocycles. The second kappa shape index (κ2) is 8.59. The maximum atomic E-state index is 13.1. The lowest BCUT2D eigenvalue weighted by Crippen LogP contribution is -2.12. The molecular weight excluding hydrogens is 373 g/mol. The lowest BCUT2D eigenvalue weighted by Gasteiger charge is -2.18. The zero-order valence-corrected chi connectivity index (χ0v) is 17.2. The maximum Gasteiger partial charge on any atom is 0.416 e. The van der Waals surface area contributed by atoms with Crippen LogP contribution in [0.25, 0.3) is 11.4 Å². The summed E-state index contributed by atoms with van der Waals surface area (Å²) in [7, 11) is 0.339. The average Bonchev–Trinajstić information content (AvgIpc) is 2.99. The van der Waals surface area contributed by atoms with Crippen LogP contribution in [0.4, 0.5) is 13.2 Å². The number of rotatable bonds is 7. The van der Waals surface area contributed by atoms with Crippen LogP contribution in [0.3, 0.4) is 0 Å². The first-order valence-corrected chi connectivity index (χ1v) is 10.5. The van der Waals surface area contributed by atoms with E-state index < -0.39 is 22.5 Å². The third-order valence-corrected chi connectivity index (χ3v) is 6.64. The van der Waals surface area contributed by atoms with E-state index in [1.54, 1.807) is 13.1 Å². The third kappa shape index (κ3) is 4.81. The van der Waals surface area contributed by atoms with E-state index in [1.807, 2.05) is 11.6 Å². The number of aromatic nitrogens is 2. The van der Waals surface area contributed by atoms with Crippen molar-refractivity contribution in [2.24, 2.45) is 18.9 Å². The predicted octanol–water partition coefficient (Wildman–Crippen LogP) is 5.46. The molecule has 0 saturated heterocycles. The van der Waals surface area contributed by atoms with Gasteiger partial charge in [-0.1, -0.05) is 34.1 Å². The minimum atomic E-state index is -4.47. The first kappa shape index (κ1) is 21.7. The lowest BCUT2D eigenvalue weighted by atomic mass is 9.90. The predicted molar refractivity (Wildman–Crippen MR) is 103 cm³/mol. The van der Waals surface area contributed by atoms with Crippen molar-refractivity contribution in [3.8, 4) is 11.4 Å². The largest absolute Gasteiger partial charge is 0.416 e. The molecule has 0 bridgehead atoms. The van der Waals surface area contributed by atoms with Crippen LogP contribution >= 0.6 is 0 Å². The van der Waals surface area contributed by atoms with Crippen molar-refractivity contribution in [2.45, 2.75) is 51.6 Å². The fraction of sp³-hybridized carbons (Fsp3) is 0.550. The van der Waals surface area contributed by atoms with Crippen LogP contribution in [0.5, 0.6) is 0 Å². The first-order valence-electron chi connectivity index (χ1n) is 9.20. The maximum absolute atomic E-state index is 13.1. The number of nitrogens with zero attached hydrogens (tertiary/aromatic N) is 2. The van der Waals surface area contributed by atoms with E-state index in [0.29, 0.717) is 23.2 Å². The molecule has 27 heavy (non-hydrogen) atoms. The van der Waals surface area contributed by atoms with Gasteiger partial charge in [-0.05, 0) is 36.5 Å². The third-order valence-electron chi connectivity index (χ3n) is 5.29. The molecular formula is C20H27F3N2OS. The molecule has 3 nitrogen and oxygen atoms in total. The van der Waals surface area contributed by atoms with Gasteiger partial charge in [0.2, 0.25) is 0 Å². The van der Waals surface area contributed by atoms with E-state index in [9.17, 15) is 17.4 Å². The highest BCUT2D eigenvalue weighted by Crippen LogP contribution is 2.35. The minimum Gasteiger partial charge on any atom is -0.331 e. The summed E-state index contributed by atoms with van der Waals surface area (Å²) in [4.78, 5) is 4.62. The van der Waals surface area contributed by atoms with Crippen molar-refractivity contribution in [3.63, 3.8) is 0 Å². The Morgan fingerprint density at radius 2 is 1.85 bits per heavy atom. The van der Waals surface area contributed by atoms with Gasteiger partial charge in [-0.2, -0.15) is 13.2 Å². The number of hydrogen-bond donors (Lipinski definition) is 0. The summed E-state index contributed by atoms with van der Waals surface area (Å²) < 4.78 is 53.6. The minimum absolute atomic E-state index is 0.183. The van der Waals surface area contributed by atoms with Gasteiger partial charge in [-0.25, -0.2) is 4.98 Å². The number of benzene rings is 1. The van der Waals surface area contributed by atoms with E-state index >= 15 is 0 Å². The number of imidazole rings is 1. The molecule has 1 aromatic heterocycles. The molecule has 0 aliphatic rings. The normalized spacial score (nSPS) is 15.6. The van der Waals surface area contributed by atoms with Gasteiger partial charge in [0.1, 0.15) is 5.82 Å². The molecule has 7 heteroatoms. The number of halogens is 3. The van der Waals surface area contributed by atoms with Crippen molar-refractivity contribution < 1.29 is 17.4 Å². The summed E-state index contributed by atoms with van der Waals surface area (Å²) in [6.07, 6.45) is -0.774. The number of hydrogen-bond acceptors (Lipinski definition) is 2. The molecule has 3 atom stereocenters. The van der Waals surface area contributed by atoms with E-state index in [-0.39, 0.29) is 10.6 Å².